The van der Waals surface area contributed by atoms with E-state index < -0.39 is 10.8 Å². The van der Waals surface area contributed by atoms with Crippen LogP contribution in [-0.2, 0) is 0 Å². The van der Waals surface area contributed by atoms with Crippen LogP contribution in [0.2, 0.25) is 0 Å². The van der Waals surface area contributed by atoms with E-state index in [1.807, 2.05) is 0 Å². The van der Waals surface area contributed by atoms with Crippen LogP contribution in [-0.4, -0.2) is 33.8 Å². The monoisotopic (exact) mass is 354 g/mol. The number of guanidine groups is 1. The highest BCUT2D eigenvalue weighted by atomic mass is 16.6. The topological polar surface area (TPSA) is 149 Å². The molecule has 2 aromatic heterocycles. The van der Waals surface area contributed by atoms with E-state index in [1.165, 1.54) is 12.3 Å². The highest BCUT2D eigenvalue weighted by Gasteiger charge is 2.14. The van der Waals surface area contributed by atoms with Crippen LogP contribution in [0.5, 0.6) is 11.5 Å². The third kappa shape index (κ3) is 3.43. The van der Waals surface area contributed by atoms with Gasteiger partial charge in [0.1, 0.15) is 11.9 Å². The fraction of sp³-hybridized carbons (Fsp3) is 0.0625. The van der Waals surface area contributed by atoms with Crippen molar-refractivity contribution in [1.29, 1.82) is 0 Å². The number of rotatable bonds is 4. The van der Waals surface area contributed by atoms with Crippen molar-refractivity contribution in [2.24, 2.45) is 10.7 Å². The molecule has 132 valence electrons. The SMILES string of the molecule is CNC(N)=NC(=O)c1cc2cccc(Oc3cncc([N+](=O)[O-])c3)c2[nH]1. The molecule has 0 aliphatic rings. The van der Waals surface area contributed by atoms with Crippen LogP contribution in [0.15, 0.2) is 47.7 Å². The number of hydrogen-bond acceptors (Lipinski definition) is 5. The normalized spacial score (nSPS) is 11.3. The number of fused-ring (bicyclic) bond motifs is 1. The average molecular weight is 354 g/mol. The van der Waals surface area contributed by atoms with Crippen LogP contribution in [0.25, 0.3) is 10.9 Å². The van der Waals surface area contributed by atoms with Crippen LogP contribution in [0.3, 0.4) is 0 Å². The first-order valence-electron chi connectivity index (χ1n) is 7.43. The molecule has 10 heteroatoms. The largest absolute Gasteiger partial charge is 0.453 e. The Morgan fingerprint density at radius 3 is 2.92 bits per heavy atom. The Hall–Kier alpha value is -3.95. The number of aromatic amines is 1. The maximum Gasteiger partial charge on any atom is 0.296 e. The molecule has 4 N–H and O–H groups in total. The fourth-order valence-electron chi connectivity index (χ4n) is 2.24. The van der Waals surface area contributed by atoms with E-state index >= 15 is 0 Å². The summed E-state index contributed by atoms with van der Waals surface area (Å²) >= 11 is 0. The number of benzene rings is 1. The minimum absolute atomic E-state index is 0.00667. The summed E-state index contributed by atoms with van der Waals surface area (Å²) in [6, 6.07) is 8.06. The van der Waals surface area contributed by atoms with Crippen LogP contribution < -0.4 is 15.8 Å². The first-order chi connectivity index (χ1) is 12.5. The number of ether oxygens (including phenoxy) is 1. The van der Waals surface area contributed by atoms with Gasteiger partial charge in [0.05, 0.1) is 22.7 Å². The summed E-state index contributed by atoms with van der Waals surface area (Å²) in [5.74, 6) is 0.0323. The number of pyridine rings is 1. The molecule has 1 aromatic carbocycles. The predicted octanol–water partition coefficient (Wildman–Crippen LogP) is 1.94. The second-order valence-corrected chi connectivity index (χ2v) is 5.19. The van der Waals surface area contributed by atoms with Gasteiger partial charge in [-0.05, 0) is 12.1 Å². The second kappa shape index (κ2) is 6.89. The maximum atomic E-state index is 12.1. The number of aliphatic imine (C=N–C) groups is 1. The Morgan fingerprint density at radius 2 is 2.19 bits per heavy atom. The minimum atomic E-state index is -0.559. The van der Waals surface area contributed by atoms with E-state index in [-0.39, 0.29) is 23.1 Å². The van der Waals surface area contributed by atoms with Crippen molar-refractivity contribution in [3.63, 3.8) is 0 Å². The van der Waals surface area contributed by atoms with E-state index in [4.69, 9.17) is 10.5 Å². The van der Waals surface area contributed by atoms with Crippen molar-refractivity contribution < 1.29 is 14.5 Å². The number of nitro groups is 1. The molecule has 3 rings (SSSR count). The lowest BCUT2D eigenvalue weighted by molar-refractivity contribution is -0.385. The summed E-state index contributed by atoms with van der Waals surface area (Å²) < 4.78 is 5.70. The van der Waals surface area contributed by atoms with Gasteiger partial charge < -0.3 is 20.8 Å². The molecule has 0 unspecified atom stereocenters. The van der Waals surface area contributed by atoms with Gasteiger partial charge in [0.2, 0.25) is 0 Å². The zero-order valence-corrected chi connectivity index (χ0v) is 13.6. The molecule has 2 heterocycles. The predicted molar refractivity (Wildman–Crippen MR) is 94.3 cm³/mol. The zero-order valence-electron chi connectivity index (χ0n) is 13.6. The van der Waals surface area contributed by atoms with Crippen LogP contribution in [0.1, 0.15) is 10.5 Å². The molecule has 26 heavy (non-hydrogen) atoms. The number of aromatic nitrogens is 2. The number of carbonyl (C=O) groups excluding carboxylic acids is 1. The first kappa shape index (κ1) is 16.9. The van der Waals surface area contributed by atoms with Crippen LogP contribution >= 0.6 is 0 Å². The third-order valence-corrected chi connectivity index (χ3v) is 3.46. The summed E-state index contributed by atoms with van der Waals surface area (Å²) in [5, 5.41) is 14.1. The standard InChI is InChI=1S/C16H14N6O4/c1-18-16(17)21-15(23)12-5-9-3-2-4-13(14(9)20-12)26-11-6-10(22(24)25)7-19-8-11/h2-8,20H,1H3,(H3,17,18,21,23). The molecular formula is C16H14N6O4. The van der Waals surface area contributed by atoms with E-state index in [9.17, 15) is 14.9 Å². The average Bonchev–Trinajstić information content (AvgIpc) is 3.07. The number of nitrogens with one attached hydrogen (secondary N) is 2. The van der Waals surface area contributed by atoms with Crippen LogP contribution in [0, 0.1) is 10.1 Å². The fourth-order valence-corrected chi connectivity index (χ4v) is 2.24. The maximum absolute atomic E-state index is 12.1. The number of para-hydroxylation sites is 1. The molecule has 1 amide bonds. The molecule has 0 saturated carbocycles. The molecule has 0 aliphatic heterocycles. The molecule has 0 fully saturated rings. The van der Waals surface area contributed by atoms with Crippen molar-refractivity contribution >= 4 is 28.5 Å². The van der Waals surface area contributed by atoms with Gasteiger partial charge in [-0.3, -0.25) is 19.9 Å². The molecule has 0 spiro atoms. The molecule has 0 bridgehead atoms. The lowest BCUT2D eigenvalue weighted by atomic mass is 10.2. The molecule has 0 atom stereocenters. The van der Waals surface area contributed by atoms with Crippen molar-refractivity contribution in [3.05, 3.63) is 58.5 Å². The molecular weight excluding hydrogens is 340 g/mol. The number of H-pyrrole nitrogens is 1. The van der Waals surface area contributed by atoms with Gasteiger partial charge in [0.15, 0.2) is 17.5 Å². The molecule has 0 radical (unpaired) electrons. The lowest BCUT2D eigenvalue weighted by Crippen LogP contribution is -2.28. The third-order valence-electron chi connectivity index (χ3n) is 3.46. The van der Waals surface area contributed by atoms with Gasteiger partial charge in [-0.1, -0.05) is 12.1 Å². The molecule has 3 aromatic rings. The van der Waals surface area contributed by atoms with Crippen molar-refractivity contribution in [2.45, 2.75) is 0 Å². The number of amides is 1. The Labute approximate surface area is 146 Å². The highest BCUT2D eigenvalue weighted by molar-refractivity contribution is 6.04. The van der Waals surface area contributed by atoms with Gasteiger partial charge in [0, 0.05) is 12.4 Å². The van der Waals surface area contributed by atoms with Crippen molar-refractivity contribution in [1.82, 2.24) is 15.3 Å². The lowest BCUT2D eigenvalue weighted by Gasteiger charge is -2.06. The van der Waals surface area contributed by atoms with E-state index in [1.54, 1.807) is 31.3 Å². The zero-order chi connectivity index (χ0) is 18.7. The number of carbonyl (C=O) groups is 1. The number of nitrogens with zero attached hydrogens (tertiary/aromatic N) is 3. The Kier molecular flexibility index (Phi) is 4.48. The Morgan fingerprint density at radius 1 is 1.38 bits per heavy atom. The number of nitrogens with two attached hydrogens (primary N) is 1. The second-order valence-electron chi connectivity index (χ2n) is 5.19. The van der Waals surface area contributed by atoms with Gasteiger partial charge >= 0.3 is 0 Å². The van der Waals surface area contributed by atoms with Crippen LogP contribution in [0.4, 0.5) is 5.69 Å². The quantitative estimate of drug-likeness (QED) is 0.280. The first-order valence-corrected chi connectivity index (χ1v) is 7.43. The van der Waals surface area contributed by atoms with Crippen molar-refractivity contribution in [2.75, 3.05) is 7.05 Å². The summed E-state index contributed by atoms with van der Waals surface area (Å²) in [5.41, 5.74) is 6.08. The smallest absolute Gasteiger partial charge is 0.296 e. The molecule has 10 nitrogen and oxygen atoms in total. The van der Waals surface area contributed by atoms with Gasteiger partial charge in [-0.15, -0.1) is 0 Å². The van der Waals surface area contributed by atoms with E-state index in [0.29, 0.717) is 16.7 Å². The van der Waals surface area contributed by atoms with E-state index in [0.717, 1.165) is 6.20 Å². The minimum Gasteiger partial charge on any atom is -0.453 e. The summed E-state index contributed by atoms with van der Waals surface area (Å²) in [7, 11) is 1.55. The van der Waals surface area contributed by atoms with Gasteiger partial charge in [-0.2, -0.15) is 4.99 Å². The summed E-state index contributed by atoms with van der Waals surface area (Å²) in [6.07, 6.45) is 2.49. The molecule has 0 aliphatic carbocycles. The molecule has 0 saturated heterocycles. The van der Waals surface area contributed by atoms with Crippen molar-refractivity contribution in [3.8, 4) is 11.5 Å². The highest BCUT2D eigenvalue weighted by Crippen LogP contribution is 2.31. The Bertz CT molecular complexity index is 1030. The van der Waals surface area contributed by atoms with Gasteiger partial charge in [0.25, 0.3) is 11.6 Å². The van der Waals surface area contributed by atoms with E-state index in [2.05, 4.69) is 20.3 Å². The van der Waals surface area contributed by atoms with Gasteiger partial charge in [-0.25, -0.2) is 0 Å². The summed E-state index contributed by atoms with van der Waals surface area (Å²) in [4.78, 5) is 32.8. The summed E-state index contributed by atoms with van der Waals surface area (Å²) in [6.45, 7) is 0. The number of hydrogen-bond donors (Lipinski definition) is 3. The Balaban J connectivity index is 1.96.